The fraction of sp³-hybridized carbons (Fsp3) is 0.500. The molecule has 134 valence electrons. The lowest BCUT2D eigenvalue weighted by Gasteiger charge is -2.35. The molecule has 0 aromatic carbocycles. The van der Waals surface area contributed by atoms with Crippen LogP contribution in [0.15, 0.2) is 36.9 Å². The maximum atomic E-state index is 12.5. The summed E-state index contributed by atoms with van der Waals surface area (Å²) in [6.45, 7) is 7.55. The highest BCUT2D eigenvalue weighted by Crippen LogP contribution is 2.18. The van der Waals surface area contributed by atoms with Gasteiger partial charge in [-0.1, -0.05) is 6.07 Å². The van der Waals surface area contributed by atoms with Crippen LogP contribution >= 0.6 is 0 Å². The maximum absolute atomic E-state index is 12.5. The Morgan fingerprint density at radius 1 is 1.36 bits per heavy atom. The molecule has 1 N–H and O–H groups in total. The number of nitrogens with zero attached hydrogens (tertiary/aromatic N) is 4. The number of hydrogen-bond donors (Lipinski definition) is 1. The molecule has 0 saturated carbocycles. The number of aromatic nitrogens is 3. The highest BCUT2D eigenvalue weighted by atomic mass is 16.5. The van der Waals surface area contributed by atoms with E-state index in [1.807, 2.05) is 43.3 Å². The van der Waals surface area contributed by atoms with E-state index in [-0.39, 0.29) is 30.7 Å². The Balaban J connectivity index is 1.57. The van der Waals surface area contributed by atoms with Crippen LogP contribution in [0.3, 0.4) is 0 Å². The van der Waals surface area contributed by atoms with Gasteiger partial charge in [-0.05, 0) is 32.4 Å². The number of anilines is 1. The molecule has 0 spiro atoms. The molecule has 0 radical (unpaired) electrons. The molecule has 1 aliphatic rings. The molecule has 0 unspecified atom stereocenters. The summed E-state index contributed by atoms with van der Waals surface area (Å²) < 4.78 is 7.35. The zero-order chi connectivity index (χ0) is 17.8. The number of pyridine rings is 1. The molecule has 7 heteroatoms. The van der Waals surface area contributed by atoms with Crippen molar-refractivity contribution in [3.8, 4) is 0 Å². The van der Waals surface area contributed by atoms with Crippen molar-refractivity contribution >= 4 is 11.6 Å². The van der Waals surface area contributed by atoms with Gasteiger partial charge in [0.1, 0.15) is 6.54 Å². The summed E-state index contributed by atoms with van der Waals surface area (Å²) in [6.07, 6.45) is 7.34. The molecule has 3 atom stereocenters. The third kappa shape index (κ3) is 4.57. The quantitative estimate of drug-likeness (QED) is 0.900. The Morgan fingerprint density at radius 2 is 2.12 bits per heavy atom. The smallest absolute Gasteiger partial charge is 0.244 e. The number of carbonyl (C=O) groups is 1. The lowest BCUT2D eigenvalue weighted by molar-refractivity contribution is -0.144. The first kappa shape index (κ1) is 17.4. The Morgan fingerprint density at radius 3 is 2.80 bits per heavy atom. The van der Waals surface area contributed by atoms with Crippen LogP contribution in [0.5, 0.6) is 0 Å². The van der Waals surface area contributed by atoms with Crippen molar-refractivity contribution in [3.05, 3.63) is 42.5 Å². The number of ether oxygens (including phenoxy) is 1. The molecule has 0 aliphatic carbocycles. The van der Waals surface area contributed by atoms with Gasteiger partial charge in [-0.25, -0.2) is 0 Å². The zero-order valence-corrected chi connectivity index (χ0v) is 14.9. The van der Waals surface area contributed by atoms with Crippen LogP contribution in [0.2, 0.25) is 0 Å². The van der Waals surface area contributed by atoms with Gasteiger partial charge in [-0.3, -0.25) is 14.5 Å². The number of hydrogen-bond acceptors (Lipinski definition) is 5. The average Bonchev–Trinajstić information content (AvgIpc) is 3.01. The van der Waals surface area contributed by atoms with E-state index in [0.717, 1.165) is 11.3 Å². The summed E-state index contributed by atoms with van der Waals surface area (Å²) in [5.74, 6) is 0.0666. The first-order chi connectivity index (χ1) is 12.0. The van der Waals surface area contributed by atoms with Crippen molar-refractivity contribution in [1.82, 2.24) is 19.7 Å². The number of morpholine rings is 1. The Hall–Kier alpha value is -2.41. The number of nitrogens with one attached hydrogen (secondary N) is 1. The second-order valence-electron chi connectivity index (χ2n) is 6.64. The van der Waals surface area contributed by atoms with Gasteiger partial charge >= 0.3 is 0 Å². The van der Waals surface area contributed by atoms with E-state index < -0.39 is 0 Å². The minimum Gasteiger partial charge on any atom is -0.376 e. The number of carbonyl (C=O) groups excluding carboxylic acids is 1. The Bertz CT molecular complexity index is 693. The second kappa shape index (κ2) is 7.65. The van der Waals surface area contributed by atoms with Gasteiger partial charge < -0.3 is 15.0 Å². The van der Waals surface area contributed by atoms with Crippen molar-refractivity contribution in [1.29, 1.82) is 0 Å². The molecule has 1 aliphatic heterocycles. The van der Waals surface area contributed by atoms with E-state index in [1.165, 1.54) is 0 Å². The standard InChI is InChI=1S/C18H25N5O2/c1-13-9-22(10-14(2)25-13)18(24)12-23-11-17(8-20-23)21-15(3)16-5-4-6-19-7-16/h4-8,11,13-15,21H,9-10,12H2,1-3H3/t13-,14-,15-/m1/s1. The molecule has 3 rings (SSSR count). The molecule has 1 fully saturated rings. The summed E-state index contributed by atoms with van der Waals surface area (Å²) >= 11 is 0. The van der Waals surface area contributed by atoms with E-state index in [2.05, 4.69) is 22.3 Å². The van der Waals surface area contributed by atoms with E-state index in [1.54, 1.807) is 17.1 Å². The molecule has 25 heavy (non-hydrogen) atoms. The van der Waals surface area contributed by atoms with Crippen LogP contribution in [0, 0.1) is 0 Å². The molecular formula is C18H25N5O2. The van der Waals surface area contributed by atoms with Gasteiger partial charge in [0.2, 0.25) is 5.91 Å². The minimum atomic E-state index is 0.0666. The highest BCUT2D eigenvalue weighted by Gasteiger charge is 2.26. The van der Waals surface area contributed by atoms with E-state index in [4.69, 9.17) is 4.74 Å². The van der Waals surface area contributed by atoms with Gasteiger partial charge in [0, 0.05) is 31.7 Å². The molecule has 3 heterocycles. The molecule has 1 amide bonds. The minimum absolute atomic E-state index is 0.0666. The largest absolute Gasteiger partial charge is 0.376 e. The first-order valence-electron chi connectivity index (χ1n) is 8.63. The van der Waals surface area contributed by atoms with Crippen molar-refractivity contribution in [3.63, 3.8) is 0 Å². The second-order valence-corrected chi connectivity index (χ2v) is 6.64. The normalized spacial score (nSPS) is 21.8. The topological polar surface area (TPSA) is 72.3 Å². The van der Waals surface area contributed by atoms with Crippen molar-refractivity contribution in [2.24, 2.45) is 0 Å². The van der Waals surface area contributed by atoms with Gasteiger partial charge in [0.25, 0.3) is 0 Å². The Labute approximate surface area is 148 Å². The van der Waals surface area contributed by atoms with E-state index in [9.17, 15) is 4.79 Å². The van der Waals surface area contributed by atoms with Gasteiger partial charge in [0.15, 0.2) is 0 Å². The van der Waals surface area contributed by atoms with Gasteiger partial charge in [-0.2, -0.15) is 5.10 Å². The van der Waals surface area contributed by atoms with Gasteiger partial charge in [-0.15, -0.1) is 0 Å². The molecular weight excluding hydrogens is 318 g/mol. The van der Waals surface area contributed by atoms with Crippen LogP contribution in [0.1, 0.15) is 32.4 Å². The summed E-state index contributed by atoms with van der Waals surface area (Å²) in [5.41, 5.74) is 1.98. The van der Waals surface area contributed by atoms with Crippen LogP contribution < -0.4 is 5.32 Å². The SMILES string of the molecule is C[C@@H]1CN(C(=O)Cn2cc(N[C@H](C)c3cccnc3)cn2)C[C@@H](C)O1. The fourth-order valence-electron chi connectivity index (χ4n) is 3.11. The predicted molar refractivity (Wildman–Crippen MR) is 95.1 cm³/mol. The highest BCUT2D eigenvalue weighted by molar-refractivity contribution is 5.76. The van der Waals surface area contributed by atoms with Crippen molar-refractivity contribution < 1.29 is 9.53 Å². The predicted octanol–water partition coefficient (Wildman–Crippen LogP) is 2.09. The zero-order valence-electron chi connectivity index (χ0n) is 14.9. The first-order valence-corrected chi connectivity index (χ1v) is 8.63. The van der Waals surface area contributed by atoms with Crippen LogP contribution in [-0.4, -0.2) is 50.9 Å². The molecule has 0 bridgehead atoms. The fourth-order valence-corrected chi connectivity index (χ4v) is 3.11. The summed E-state index contributed by atoms with van der Waals surface area (Å²) in [6, 6.07) is 4.06. The molecule has 2 aromatic heterocycles. The number of rotatable bonds is 5. The summed E-state index contributed by atoms with van der Waals surface area (Å²) in [4.78, 5) is 18.5. The summed E-state index contributed by atoms with van der Waals surface area (Å²) in [5, 5.41) is 7.67. The monoisotopic (exact) mass is 343 g/mol. The lowest BCUT2D eigenvalue weighted by Crippen LogP contribution is -2.49. The maximum Gasteiger partial charge on any atom is 0.244 e. The molecule has 2 aromatic rings. The third-order valence-corrected chi connectivity index (χ3v) is 4.27. The number of amides is 1. The van der Waals surface area contributed by atoms with Crippen LogP contribution in [0.25, 0.3) is 0 Å². The lowest BCUT2D eigenvalue weighted by atomic mass is 10.1. The molecule has 7 nitrogen and oxygen atoms in total. The van der Waals surface area contributed by atoms with Crippen LogP contribution in [0.4, 0.5) is 5.69 Å². The van der Waals surface area contributed by atoms with E-state index >= 15 is 0 Å². The Kier molecular flexibility index (Phi) is 5.33. The van der Waals surface area contributed by atoms with Crippen LogP contribution in [-0.2, 0) is 16.1 Å². The average molecular weight is 343 g/mol. The third-order valence-electron chi connectivity index (χ3n) is 4.27. The molecule has 1 saturated heterocycles. The van der Waals surface area contributed by atoms with Gasteiger partial charge in [0.05, 0.1) is 30.1 Å². The summed E-state index contributed by atoms with van der Waals surface area (Å²) in [7, 11) is 0. The van der Waals surface area contributed by atoms with Crippen molar-refractivity contribution in [2.75, 3.05) is 18.4 Å². The van der Waals surface area contributed by atoms with E-state index in [0.29, 0.717) is 13.1 Å². The van der Waals surface area contributed by atoms with Crippen molar-refractivity contribution in [2.45, 2.75) is 45.6 Å².